The summed E-state index contributed by atoms with van der Waals surface area (Å²) in [5.74, 6) is 0.339. The number of hydrogen-bond acceptors (Lipinski definition) is 2. The van der Waals surface area contributed by atoms with Gasteiger partial charge in [0.15, 0.2) is 0 Å². The second-order valence-corrected chi connectivity index (χ2v) is 5.75. The van der Waals surface area contributed by atoms with Crippen molar-refractivity contribution in [2.45, 2.75) is 13.3 Å². The van der Waals surface area contributed by atoms with E-state index in [2.05, 4.69) is 61.5 Å². The van der Waals surface area contributed by atoms with Gasteiger partial charge in [-0.2, -0.15) is 0 Å². The average molecular weight is 316 g/mol. The number of phenolic OH excluding ortho intramolecular Hbond substituents is 2. The second kappa shape index (κ2) is 7.05. The van der Waals surface area contributed by atoms with Crippen molar-refractivity contribution >= 4 is 21.5 Å². The summed E-state index contributed by atoms with van der Waals surface area (Å²) in [6.07, 6.45) is 1.10. The topological polar surface area (TPSA) is 40.5 Å². The van der Waals surface area contributed by atoms with Gasteiger partial charge >= 0.3 is 0 Å². The van der Waals surface area contributed by atoms with Crippen LogP contribution in [0.5, 0.6) is 11.5 Å². The van der Waals surface area contributed by atoms with Crippen LogP contribution in [-0.2, 0) is 6.42 Å². The van der Waals surface area contributed by atoms with Gasteiger partial charge in [-0.05, 0) is 69.9 Å². The van der Waals surface area contributed by atoms with E-state index in [1.165, 1.54) is 51.4 Å². The molecule has 2 N–H and O–H groups in total. The first-order chi connectivity index (χ1) is 11.7. The third-order valence-electron chi connectivity index (χ3n) is 4.03. The highest BCUT2D eigenvalue weighted by Crippen LogP contribution is 2.23. The van der Waals surface area contributed by atoms with Crippen molar-refractivity contribution in [3.8, 4) is 11.5 Å². The molecule has 4 aromatic rings. The summed E-state index contributed by atoms with van der Waals surface area (Å²) in [4.78, 5) is 0. The molecule has 0 spiro atoms. The largest absolute Gasteiger partial charge is 0.508 e. The molecule has 4 rings (SSSR count). The maximum Gasteiger partial charge on any atom is 0.115 e. The Bertz CT molecular complexity index is 935. The van der Waals surface area contributed by atoms with Crippen LogP contribution in [0.25, 0.3) is 21.5 Å². The fourth-order valence-electron chi connectivity index (χ4n) is 2.66. The SMILES string of the molecule is CCc1ccc2cc3ccccc3cc2c1.Oc1ccc(O)cc1. The minimum absolute atomic E-state index is 0.169. The maximum atomic E-state index is 8.65. The summed E-state index contributed by atoms with van der Waals surface area (Å²) in [6, 6.07) is 25.5. The monoisotopic (exact) mass is 316 g/mol. The Morgan fingerprint density at radius 1 is 0.583 bits per heavy atom. The molecule has 0 aliphatic heterocycles. The first-order valence-electron chi connectivity index (χ1n) is 8.05. The zero-order chi connectivity index (χ0) is 16.9. The van der Waals surface area contributed by atoms with E-state index in [1.54, 1.807) is 0 Å². The van der Waals surface area contributed by atoms with E-state index in [-0.39, 0.29) is 11.5 Å². The average Bonchev–Trinajstić information content (AvgIpc) is 2.62. The van der Waals surface area contributed by atoms with Crippen molar-refractivity contribution in [2.75, 3.05) is 0 Å². The summed E-state index contributed by atoms with van der Waals surface area (Å²) in [5.41, 5.74) is 1.41. The predicted octanol–water partition coefficient (Wildman–Crippen LogP) is 5.65. The van der Waals surface area contributed by atoms with Crippen molar-refractivity contribution in [3.05, 3.63) is 84.4 Å². The normalized spacial score (nSPS) is 10.4. The van der Waals surface area contributed by atoms with E-state index in [0.717, 1.165) is 6.42 Å². The van der Waals surface area contributed by atoms with Crippen LogP contribution in [0.4, 0.5) is 0 Å². The number of aromatic hydroxyl groups is 2. The number of hydrogen-bond donors (Lipinski definition) is 2. The molecular formula is C22H20O2. The lowest BCUT2D eigenvalue weighted by Gasteiger charge is -2.04. The molecule has 0 unspecified atom stereocenters. The first-order valence-corrected chi connectivity index (χ1v) is 8.05. The smallest absolute Gasteiger partial charge is 0.115 e. The van der Waals surface area contributed by atoms with Crippen LogP contribution < -0.4 is 0 Å². The molecule has 0 aliphatic rings. The van der Waals surface area contributed by atoms with Gasteiger partial charge in [0.1, 0.15) is 11.5 Å². The van der Waals surface area contributed by atoms with Gasteiger partial charge in [-0.15, -0.1) is 0 Å². The lowest BCUT2D eigenvalue weighted by Crippen LogP contribution is -1.81. The summed E-state index contributed by atoms with van der Waals surface area (Å²) in [7, 11) is 0. The second-order valence-electron chi connectivity index (χ2n) is 5.75. The van der Waals surface area contributed by atoms with E-state index in [9.17, 15) is 0 Å². The minimum atomic E-state index is 0.169. The molecule has 24 heavy (non-hydrogen) atoms. The molecule has 0 fully saturated rings. The fraction of sp³-hybridized carbons (Fsp3) is 0.0909. The quantitative estimate of drug-likeness (QED) is 0.352. The van der Waals surface area contributed by atoms with Gasteiger partial charge in [-0.1, -0.05) is 49.4 Å². The van der Waals surface area contributed by atoms with Gasteiger partial charge in [-0.3, -0.25) is 0 Å². The number of aryl methyl sites for hydroxylation is 1. The summed E-state index contributed by atoms with van der Waals surface area (Å²) in [5, 5.41) is 22.6. The van der Waals surface area contributed by atoms with Gasteiger partial charge in [0.05, 0.1) is 0 Å². The van der Waals surface area contributed by atoms with Crippen LogP contribution in [0.2, 0.25) is 0 Å². The molecule has 2 nitrogen and oxygen atoms in total. The third-order valence-corrected chi connectivity index (χ3v) is 4.03. The minimum Gasteiger partial charge on any atom is -0.508 e. The molecule has 0 saturated heterocycles. The molecule has 2 heteroatoms. The molecular weight excluding hydrogens is 296 g/mol. The molecule has 0 amide bonds. The van der Waals surface area contributed by atoms with Crippen molar-refractivity contribution < 1.29 is 10.2 Å². The highest BCUT2D eigenvalue weighted by Gasteiger charge is 1.98. The zero-order valence-electron chi connectivity index (χ0n) is 13.6. The van der Waals surface area contributed by atoms with Crippen LogP contribution in [0.1, 0.15) is 12.5 Å². The molecule has 0 heterocycles. The van der Waals surface area contributed by atoms with Crippen LogP contribution >= 0.6 is 0 Å². The van der Waals surface area contributed by atoms with Gasteiger partial charge in [0, 0.05) is 0 Å². The number of rotatable bonds is 1. The molecule has 4 aromatic carbocycles. The Morgan fingerprint density at radius 2 is 1.08 bits per heavy atom. The Balaban J connectivity index is 0.000000179. The fourth-order valence-corrected chi connectivity index (χ4v) is 2.66. The summed E-state index contributed by atoms with van der Waals surface area (Å²) in [6.45, 7) is 2.20. The van der Waals surface area contributed by atoms with E-state index in [1.807, 2.05) is 0 Å². The summed E-state index contributed by atoms with van der Waals surface area (Å²) < 4.78 is 0. The Hall–Kier alpha value is -3.00. The van der Waals surface area contributed by atoms with Crippen LogP contribution in [0.3, 0.4) is 0 Å². The van der Waals surface area contributed by atoms with Crippen molar-refractivity contribution in [1.29, 1.82) is 0 Å². The standard InChI is InChI=1S/C16H14.C6H6O2/c1-2-12-7-8-15-10-13-5-3-4-6-14(13)11-16(15)9-12;7-5-1-2-6(8)4-3-5/h3-11H,2H2,1H3;1-4,7-8H. The predicted molar refractivity (Wildman–Crippen MR) is 101 cm³/mol. The maximum absolute atomic E-state index is 8.65. The van der Waals surface area contributed by atoms with Gasteiger partial charge in [-0.25, -0.2) is 0 Å². The Morgan fingerprint density at radius 3 is 1.62 bits per heavy atom. The van der Waals surface area contributed by atoms with E-state index >= 15 is 0 Å². The van der Waals surface area contributed by atoms with Gasteiger partial charge in [0.25, 0.3) is 0 Å². The third kappa shape index (κ3) is 3.66. The molecule has 0 aromatic heterocycles. The highest BCUT2D eigenvalue weighted by atomic mass is 16.3. The lowest BCUT2D eigenvalue weighted by atomic mass is 10.0. The lowest BCUT2D eigenvalue weighted by molar-refractivity contribution is 0.460. The Kier molecular flexibility index (Phi) is 4.66. The first kappa shape index (κ1) is 15.9. The van der Waals surface area contributed by atoms with E-state index in [0.29, 0.717) is 0 Å². The number of phenols is 2. The molecule has 0 aliphatic carbocycles. The van der Waals surface area contributed by atoms with E-state index < -0.39 is 0 Å². The van der Waals surface area contributed by atoms with Crippen LogP contribution in [0.15, 0.2) is 78.9 Å². The molecule has 0 atom stereocenters. The van der Waals surface area contributed by atoms with Crippen molar-refractivity contribution in [1.82, 2.24) is 0 Å². The molecule has 120 valence electrons. The Labute approximate surface area is 141 Å². The van der Waals surface area contributed by atoms with Crippen LogP contribution in [-0.4, -0.2) is 10.2 Å². The van der Waals surface area contributed by atoms with Crippen molar-refractivity contribution in [2.24, 2.45) is 0 Å². The van der Waals surface area contributed by atoms with E-state index in [4.69, 9.17) is 10.2 Å². The molecule has 0 radical (unpaired) electrons. The number of fused-ring (bicyclic) bond motifs is 2. The van der Waals surface area contributed by atoms with Gasteiger partial charge in [0.2, 0.25) is 0 Å². The molecule has 0 saturated carbocycles. The van der Waals surface area contributed by atoms with Crippen LogP contribution in [0, 0.1) is 0 Å². The van der Waals surface area contributed by atoms with Gasteiger partial charge < -0.3 is 10.2 Å². The number of benzene rings is 4. The van der Waals surface area contributed by atoms with Crippen molar-refractivity contribution in [3.63, 3.8) is 0 Å². The summed E-state index contributed by atoms with van der Waals surface area (Å²) >= 11 is 0. The highest BCUT2D eigenvalue weighted by molar-refractivity contribution is 5.98. The zero-order valence-corrected chi connectivity index (χ0v) is 13.6. The molecule has 0 bridgehead atoms.